The Kier molecular flexibility index (Phi) is 5.64. The zero-order valence-electron chi connectivity index (χ0n) is 12.6. The van der Waals surface area contributed by atoms with Crippen molar-refractivity contribution in [2.75, 3.05) is 38.7 Å². The number of aliphatic imine (C=N–C) groups is 1. The Morgan fingerprint density at radius 2 is 1.89 bits per heavy atom. The van der Waals surface area contributed by atoms with Crippen molar-refractivity contribution in [3.8, 4) is 0 Å². The summed E-state index contributed by atoms with van der Waals surface area (Å²) in [6, 6.07) is 0. The molecule has 112 valence electrons. The number of sulfone groups is 1. The van der Waals surface area contributed by atoms with Gasteiger partial charge in [-0.05, 0) is 24.7 Å². The highest BCUT2D eigenvalue weighted by molar-refractivity contribution is 7.90. The minimum Gasteiger partial charge on any atom is -0.356 e. The lowest BCUT2D eigenvalue weighted by atomic mass is 9.90. The van der Waals surface area contributed by atoms with Gasteiger partial charge in [-0.3, -0.25) is 4.99 Å². The van der Waals surface area contributed by atoms with E-state index in [4.69, 9.17) is 0 Å². The molecule has 0 spiro atoms. The van der Waals surface area contributed by atoms with Gasteiger partial charge in [0.15, 0.2) is 5.96 Å². The van der Waals surface area contributed by atoms with Gasteiger partial charge in [0.2, 0.25) is 0 Å². The van der Waals surface area contributed by atoms with Crippen molar-refractivity contribution in [1.29, 1.82) is 0 Å². The lowest BCUT2D eigenvalue weighted by Gasteiger charge is -2.28. The molecule has 0 saturated carbocycles. The number of rotatable bonds is 5. The number of nitrogens with zero attached hydrogens (tertiary/aromatic N) is 2. The van der Waals surface area contributed by atoms with Gasteiger partial charge in [0, 0.05) is 32.9 Å². The number of hydrogen-bond acceptors (Lipinski definition) is 3. The summed E-state index contributed by atoms with van der Waals surface area (Å²) in [5, 5.41) is 3.37. The van der Waals surface area contributed by atoms with Crippen LogP contribution in [0.15, 0.2) is 4.99 Å². The quantitative estimate of drug-likeness (QED) is 0.608. The van der Waals surface area contributed by atoms with Crippen LogP contribution in [-0.4, -0.2) is 58.0 Å². The molecular formula is C13H27N3O2S. The van der Waals surface area contributed by atoms with Crippen LogP contribution >= 0.6 is 0 Å². The molecule has 1 heterocycles. The summed E-state index contributed by atoms with van der Waals surface area (Å²) in [7, 11) is -1.09. The third-order valence-corrected chi connectivity index (χ3v) is 4.44. The summed E-state index contributed by atoms with van der Waals surface area (Å²) in [5.74, 6) is 1.18. The molecule has 0 aliphatic carbocycles. The van der Waals surface area contributed by atoms with Crippen molar-refractivity contribution < 1.29 is 8.42 Å². The highest BCUT2D eigenvalue weighted by Crippen LogP contribution is 2.20. The number of guanidine groups is 1. The molecule has 1 saturated heterocycles. The predicted molar refractivity (Wildman–Crippen MR) is 80.3 cm³/mol. The van der Waals surface area contributed by atoms with E-state index in [-0.39, 0.29) is 11.2 Å². The SMILES string of the molecule is CN=C(NCC(C)(C)CCS(C)(=O)=O)N1CCCC1. The Morgan fingerprint density at radius 1 is 1.32 bits per heavy atom. The lowest BCUT2D eigenvalue weighted by Crippen LogP contribution is -2.43. The Balaban J connectivity index is 2.44. The molecule has 0 amide bonds. The van der Waals surface area contributed by atoms with Crippen LogP contribution in [0.3, 0.4) is 0 Å². The van der Waals surface area contributed by atoms with Gasteiger partial charge in [-0.2, -0.15) is 0 Å². The number of nitrogens with one attached hydrogen (secondary N) is 1. The van der Waals surface area contributed by atoms with E-state index in [1.54, 1.807) is 7.05 Å². The topological polar surface area (TPSA) is 61.8 Å². The number of hydrogen-bond donors (Lipinski definition) is 1. The van der Waals surface area contributed by atoms with E-state index in [0.29, 0.717) is 6.42 Å². The van der Waals surface area contributed by atoms with E-state index < -0.39 is 9.84 Å². The highest BCUT2D eigenvalue weighted by Gasteiger charge is 2.22. The Bertz CT molecular complexity index is 410. The van der Waals surface area contributed by atoms with E-state index in [1.165, 1.54) is 19.1 Å². The van der Waals surface area contributed by atoms with Gasteiger partial charge in [-0.15, -0.1) is 0 Å². The van der Waals surface area contributed by atoms with Gasteiger partial charge in [0.25, 0.3) is 0 Å². The molecule has 0 aromatic heterocycles. The summed E-state index contributed by atoms with van der Waals surface area (Å²) in [6.45, 7) is 7.03. The maximum atomic E-state index is 11.2. The van der Waals surface area contributed by atoms with Crippen LogP contribution < -0.4 is 5.32 Å². The van der Waals surface area contributed by atoms with Crippen molar-refractivity contribution in [1.82, 2.24) is 10.2 Å². The first-order valence-electron chi connectivity index (χ1n) is 6.87. The normalized spacial score (nSPS) is 17.9. The second kappa shape index (κ2) is 6.59. The predicted octanol–water partition coefficient (Wildman–Crippen LogP) is 1.12. The van der Waals surface area contributed by atoms with E-state index in [2.05, 4.69) is 29.1 Å². The first-order chi connectivity index (χ1) is 8.73. The van der Waals surface area contributed by atoms with E-state index in [0.717, 1.165) is 25.6 Å². The fraction of sp³-hybridized carbons (Fsp3) is 0.923. The first kappa shape index (κ1) is 16.3. The van der Waals surface area contributed by atoms with Crippen LogP contribution in [0.5, 0.6) is 0 Å². The van der Waals surface area contributed by atoms with Crippen molar-refractivity contribution in [2.24, 2.45) is 10.4 Å². The molecule has 1 fully saturated rings. The van der Waals surface area contributed by atoms with Crippen LogP contribution in [-0.2, 0) is 9.84 Å². The molecule has 6 heteroatoms. The van der Waals surface area contributed by atoms with Crippen LogP contribution in [0.25, 0.3) is 0 Å². The molecular weight excluding hydrogens is 262 g/mol. The molecule has 0 bridgehead atoms. The van der Waals surface area contributed by atoms with Gasteiger partial charge in [-0.1, -0.05) is 13.8 Å². The summed E-state index contributed by atoms with van der Waals surface area (Å²) in [4.78, 5) is 6.55. The molecule has 0 radical (unpaired) electrons. The van der Waals surface area contributed by atoms with Crippen LogP contribution in [0, 0.1) is 5.41 Å². The van der Waals surface area contributed by atoms with Gasteiger partial charge >= 0.3 is 0 Å². The largest absolute Gasteiger partial charge is 0.356 e. The van der Waals surface area contributed by atoms with Crippen molar-refractivity contribution >= 4 is 15.8 Å². The zero-order valence-corrected chi connectivity index (χ0v) is 13.4. The molecule has 0 unspecified atom stereocenters. The van der Waals surface area contributed by atoms with Crippen LogP contribution in [0.1, 0.15) is 33.1 Å². The molecule has 0 atom stereocenters. The van der Waals surface area contributed by atoms with Crippen molar-refractivity contribution in [3.05, 3.63) is 0 Å². The average Bonchev–Trinajstić information content (AvgIpc) is 2.80. The Labute approximate surface area is 117 Å². The number of likely N-dealkylation sites (tertiary alicyclic amines) is 1. The second-order valence-electron chi connectivity index (χ2n) is 6.14. The van der Waals surface area contributed by atoms with Gasteiger partial charge < -0.3 is 10.2 Å². The van der Waals surface area contributed by atoms with Crippen LogP contribution in [0.4, 0.5) is 0 Å². The Morgan fingerprint density at radius 3 is 2.37 bits per heavy atom. The molecule has 1 aliphatic rings. The van der Waals surface area contributed by atoms with E-state index >= 15 is 0 Å². The van der Waals surface area contributed by atoms with Gasteiger partial charge in [0.1, 0.15) is 9.84 Å². The van der Waals surface area contributed by atoms with Gasteiger partial charge in [0.05, 0.1) is 5.75 Å². The maximum Gasteiger partial charge on any atom is 0.193 e. The van der Waals surface area contributed by atoms with Crippen molar-refractivity contribution in [2.45, 2.75) is 33.1 Å². The summed E-state index contributed by atoms with van der Waals surface area (Å²) >= 11 is 0. The van der Waals surface area contributed by atoms with Crippen molar-refractivity contribution in [3.63, 3.8) is 0 Å². The molecule has 1 aliphatic heterocycles. The fourth-order valence-electron chi connectivity index (χ4n) is 2.13. The molecule has 1 N–H and O–H groups in total. The third-order valence-electron chi connectivity index (χ3n) is 3.49. The monoisotopic (exact) mass is 289 g/mol. The summed E-state index contributed by atoms with van der Waals surface area (Å²) in [5.41, 5.74) is -0.0568. The fourth-order valence-corrected chi connectivity index (χ4v) is 3.05. The lowest BCUT2D eigenvalue weighted by molar-refractivity contribution is 0.341. The Hall–Kier alpha value is -0.780. The third kappa shape index (κ3) is 6.27. The maximum absolute atomic E-state index is 11.2. The minimum atomic E-state index is -2.89. The molecule has 1 rings (SSSR count). The molecule has 0 aromatic carbocycles. The standard InChI is InChI=1S/C13H27N3O2S/c1-13(2,7-10-19(4,17)18)11-15-12(14-3)16-8-5-6-9-16/h5-11H2,1-4H3,(H,14,15). The molecule has 5 nitrogen and oxygen atoms in total. The minimum absolute atomic E-state index is 0.0568. The average molecular weight is 289 g/mol. The highest BCUT2D eigenvalue weighted by atomic mass is 32.2. The first-order valence-corrected chi connectivity index (χ1v) is 8.93. The van der Waals surface area contributed by atoms with Gasteiger partial charge in [-0.25, -0.2) is 8.42 Å². The van der Waals surface area contributed by atoms with E-state index in [9.17, 15) is 8.42 Å². The smallest absolute Gasteiger partial charge is 0.193 e. The molecule has 19 heavy (non-hydrogen) atoms. The second-order valence-corrected chi connectivity index (χ2v) is 8.40. The van der Waals surface area contributed by atoms with E-state index in [1.807, 2.05) is 0 Å². The zero-order chi connectivity index (χ0) is 14.5. The summed E-state index contributed by atoms with van der Waals surface area (Å²) in [6.07, 6.45) is 4.39. The summed E-state index contributed by atoms with van der Waals surface area (Å²) < 4.78 is 22.5. The van der Waals surface area contributed by atoms with Crippen LogP contribution in [0.2, 0.25) is 0 Å². The molecule has 0 aromatic rings.